The molecule has 1 N–H and O–H groups in total. The van der Waals surface area contributed by atoms with Gasteiger partial charge in [-0.15, -0.1) is 0 Å². The monoisotopic (exact) mass is 287 g/mol. The molecule has 0 aromatic carbocycles. The number of aliphatic hydroxyl groups excluding tert-OH is 1. The maximum absolute atomic E-state index is 9.99. The Morgan fingerprint density at radius 2 is 2.11 bits per heavy atom. The van der Waals surface area contributed by atoms with Crippen LogP contribution >= 0.6 is 0 Å². The maximum atomic E-state index is 9.99. The lowest BCUT2D eigenvalue weighted by atomic mass is 10.0. The summed E-state index contributed by atoms with van der Waals surface area (Å²) in [6, 6.07) is -0.274. The van der Waals surface area contributed by atoms with Gasteiger partial charge < -0.3 is 14.3 Å². The minimum absolute atomic E-state index is 0.139. The zero-order chi connectivity index (χ0) is 14.7. The molecule has 6 nitrogen and oxygen atoms in total. The van der Waals surface area contributed by atoms with Crippen LogP contribution in [0.5, 0.6) is 0 Å². The number of hydrogen-bond acceptors (Lipinski definition) is 4. The van der Waals surface area contributed by atoms with Gasteiger partial charge in [-0.3, -0.25) is 0 Å². The first-order valence-corrected chi connectivity index (χ1v) is 9.56. The Labute approximate surface area is 115 Å². The van der Waals surface area contributed by atoms with E-state index < -0.39 is 14.4 Å². The van der Waals surface area contributed by atoms with Gasteiger partial charge in [0.1, 0.15) is 6.10 Å². The number of nitrogens with zero attached hydrogens (tertiary/aromatic N) is 3. The third-order valence-corrected chi connectivity index (χ3v) is 8.58. The maximum Gasteiger partial charge on any atom is 0.192 e. The van der Waals surface area contributed by atoms with Crippen molar-refractivity contribution in [2.45, 2.75) is 63.6 Å². The van der Waals surface area contributed by atoms with Crippen LogP contribution in [0.4, 0.5) is 0 Å². The predicted octanol–water partition coefficient (Wildman–Crippen LogP) is 2.84. The molecule has 1 heterocycles. The van der Waals surface area contributed by atoms with E-state index in [0.717, 1.165) is 0 Å². The van der Waals surface area contributed by atoms with E-state index in [1.54, 1.807) is 0 Å². The van der Waals surface area contributed by atoms with Gasteiger partial charge in [-0.05, 0) is 30.1 Å². The van der Waals surface area contributed by atoms with Crippen molar-refractivity contribution in [3.8, 4) is 0 Å². The summed E-state index contributed by atoms with van der Waals surface area (Å²) >= 11 is 0. The molecule has 0 amide bonds. The van der Waals surface area contributed by atoms with E-state index in [-0.39, 0.29) is 17.2 Å². The number of aliphatic hydroxyl groups is 1. The summed E-state index contributed by atoms with van der Waals surface area (Å²) in [7, 11) is -1.82. The van der Waals surface area contributed by atoms with Gasteiger partial charge in [0.15, 0.2) is 8.32 Å². The van der Waals surface area contributed by atoms with Crippen molar-refractivity contribution in [3.05, 3.63) is 10.4 Å². The van der Waals surface area contributed by atoms with Crippen molar-refractivity contribution in [1.29, 1.82) is 0 Å². The molecule has 1 fully saturated rings. The molecule has 1 aliphatic heterocycles. The second-order valence-corrected chi connectivity index (χ2v) is 11.4. The molecule has 0 spiro atoms. The summed E-state index contributed by atoms with van der Waals surface area (Å²) in [6.45, 7) is 11.6. The fourth-order valence-corrected chi connectivity index (χ4v) is 2.68. The van der Waals surface area contributed by atoms with Crippen molar-refractivity contribution in [3.63, 3.8) is 0 Å². The Kier molecular flexibility index (Phi) is 5.40. The molecule has 0 saturated carbocycles. The highest BCUT2D eigenvalue weighted by atomic mass is 28.4. The van der Waals surface area contributed by atoms with E-state index in [9.17, 15) is 5.11 Å². The van der Waals surface area contributed by atoms with Gasteiger partial charge in [-0.1, -0.05) is 25.9 Å². The predicted molar refractivity (Wildman–Crippen MR) is 76.4 cm³/mol. The number of hydrogen-bond donors (Lipinski definition) is 1. The van der Waals surface area contributed by atoms with Gasteiger partial charge in [-0.2, -0.15) is 0 Å². The fourth-order valence-electron chi connectivity index (χ4n) is 1.66. The van der Waals surface area contributed by atoms with Crippen molar-refractivity contribution in [2.24, 2.45) is 5.11 Å². The Bertz CT molecular complexity index is 351. The Balaban J connectivity index is 2.49. The normalized spacial score (nSPS) is 28.8. The lowest BCUT2D eigenvalue weighted by molar-refractivity contribution is -0.0986. The van der Waals surface area contributed by atoms with E-state index in [2.05, 4.69) is 43.9 Å². The molecule has 0 radical (unpaired) electrons. The van der Waals surface area contributed by atoms with Crippen molar-refractivity contribution in [1.82, 2.24) is 0 Å². The third-order valence-electron chi connectivity index (χ3n) is 4.07. The topological polar surface area (TPSA) is 87.5 Å². The molecule has 110 valence electrons. The summed E-state index contributed by atoms with van der Waals surface area (Å²) in [5.41, 5.74) is 8.37. The molecule has 0 unspecified atom stereocenters. The number of rotatable bonds is 4. The van der Waals surface area contributed by atoms with Crippen LogP contribution in [0.2, 0.25) is 18.1 Å². The highest BCUT2D eigenvalue weighted by Gasteiger charge is 2.39. The Morgan fingerprint density at radius 1 is 1.47 bits per heavy atom. The van der Waals surface area contributed by atoms with Gasteiger partial charge in [0.2, 0.25) is 0 Å². The molecule has 1 aliphatic rings. The minimum atomic E-state index is -1.82. The smallest absolute Gasteiger partial charge is 0.192 e. The molecule has 0 aliphatic carbocycles. The quantitative estimate of drug-likeness (QED) is 0.373. The van der Waals surface area contributed by atoms with Gasteiger partial charge in [-0.25, -0.2) is 0 Å². The summed E-state index contributed by atoms with van der Waals surface area (Å²) in [5, 5.41) is 13.7. The van der Waals surface area contributed by atoms with Gasteiger partial charge >= 0.3 is 0 Å². The first-order valence-electron chi connectivity index (χ1n) is 6.65. The summed E-state index contributed by atoms with van der Waals surface area (Å²) in [4.78, 5) is 2.75. The van der Waals surface area contributed by atoms with Crippen LogP contribution in [-0.2, 0) is 9.16 Å². The van der Waals surface area contributed by atoms with E-state index in [0.29, 0.717) is 19.6 Å². The van der Waals surface area contributed by atoms with Crippen LogP contribution in [0.15, 0.2) is 5.11 Å². The molecule has 7 heteroatoms. The standard InChI is InChI=1S/C12H25N3O3Si/c1-12(2,3)19(4,5)18-8-11-10(16)6-9(7-17-11)14-15-13/h9-11,16H,6-8H2,1-5H3/t9-,10+,11-/m1/s1. The summed E-state index contributed by atoms with van der Waals surface area (Å²) in [6.07, 6.45) is -0.511. The lowest BCUT2D eigenvalue weighted by Gasteiger charge is -2.39. The SMILES string of the molecule is CC(C)(C)[Si](C)(C)OC[C@H]1OC[C@H](N=[N+]=[N-])C[C@@H]1O. The Hall–Kier alpha value is -0.593. The largest absolute Gasteiger partial charge is 0.414 e. The van der Waals surface area contributed by atoms with Crippen LogP contribution in [0.3, 0.4) is 0 Å². The number of azide groups is 1. The van der Waals surface area contributed by atoms with Crippen LogP contribution in [-0.4, -0.2) is 44.9 Å². The second-order valence-electron chi connectivity index (χ2n) is 6.60. The molecule has 0 aromatic rings. The molecular formula is C12H25N3O3Si. The Morgan fingerprint density at radius 3 is 2.58 bits per heavy atom. The zero-order valence-electron chi connectivity index (χ0n) is 12.5. The summed E-state index contributed by atoms with van der Waals surface area (Å²) < 4.78 is 11.6. The molecule has 1 rings (SSSR count). The van der Waals surface area contributed by atoms with Crippen LogP contribution < -0.4 is 0 Å². The minimum Gasteiger partial charge on any atom is -0.414 e. The van der Waals surface area contributed by atoms with Crippen LogP contribution in [0.1, 0.15) is 27.2 Å². The average molecular weight is 287 g/mol. The van der Waals surface area contributed by atoms with E-state index in [1.165, 1.54) is 0 Å². The molecule has 0 aromatic heterocycles. The first kappa shape index (κ1) is 16.5. The van der Waals surface area contributed by atoms with Gasteiger partial charge in [0.25, 0.3) is 0 Å². The van der Waals surface area contributed by atoms with Crippen molar-refractivity contribution >= 4 is 8.32 Å². The van der Waals surface area contributed by atoms with Crippen molar-refractivity contribution in [2.75, 3.05) is 13.2 Å². The zero-order valence-corrected chi connectivity index (χ0v) is 13.5. The molecular weight excluding hydrogens is 262 g/mol. The van der Waals surface area contributed by atoms with E-state index in [4.69, 9.17) is 14.7 Å². The third kappa shape index (κ3) is 4.47. The highest BCUT2D eigenvalue weighted by Crippen LogP contribution is 2.36. The summed E-state index contributed by atoms with van der Waals surface area (Å²) in [5.74, 6) is 0. The average Bonchev–Trinajstić information content (AvgIpc) is 2.27. The molecule has 3 atom stereocenters. The van der Waals surface area contributed by atoms with Gasteiger partial charge in [0, 0.05) is 4.91 Å². The van der Waals surface area contributed by atoms with E-state index in [1.807, 2.05) is 0 Å². The van der Waals surface area contributed by atoms with Crippen LogP contribution in [0, 0.1) is 0 Å². The molecule has 19 heavy (non-hydrogen) atoms. The fraction of sp³-hybridized carbons (Fsp3) is 1.00. The molecule has 1 saturated heterocycles. The highest BCUT2D eigenvalue weighted by molar-refractivity contribution is 6.74. The van der Waals surface area contributed by atoms with E-state index >= 15 is 0 Å². The molecule has 0 bridgehead atoms. The number of ether oxygens (including phenoxy) is 1. The van der Waals surface area contributed by atoms with Crippen molar-refractivity contribution < 1.29 is 14.3 Å². The second kappa shape index (κ2) is 6.24. The van der Waals surface area contributed by atoms with Gasteiger partial charge in [0.05, 0.1) is 25.4 Å². The lowest BCUT2D eigenvalue weighted by Crippen LogP contribution is -2.48. The first-order chi connectivity index (χ1) is 8.67. The van der Waals surface area contributed by atoms with Crippen LogP contribution in [0.25, 0.3) is 10.4 Å².